The van der Waals surface area contributed by atoms with Gasteiger partial charge in [0.05, 0.1) is 6.61 Å². The number of nitrogens with one attached hydrogen (secondary N) is 1. The molecule has 0 amide bonds. The maximum atomic E-state index is 13.8. The van der Waals surface area contributed by atoms with Crippen molar-refractivity contribution in [2.75, 3.05) is 11.3 Å². The third kappa shape index (κ3) is 3.70. The highest BCUT2D eigenvalue weighted by atomic mass is 79.9. The van der Waals surface area contributed by atoms with Gasteiger partial charge in [0.2, 0.25) is 5.88 Å². The Morgan fingerprint density at radius 3 is 2.81 bits per heavy atom. The molecule has 21 heavy (non-hydrogen) atoms. The molecule has 8 heteroatoms. The van der Waals surface area contributed by atoms with Crippen LogP contribution >= 0.6 is 15.9 Å². The number of ether oxygens (including phenoxy) is 1. The molecule has 2 aromatic rings. The van der Waals surface area contributed by atoms with E-state index in [1.54, 1.807) is 13.0 Å². The summed E-state index contributed by atoms with van der Waals surface area (Å²) in [5.74, 6) is -0.708. The number of pyridine rings is 1. The molecule has 1 aromatic heterocycles. The summed E-state index contributed by atoms with van der Waals surface area (Å²) < 4.78 is 46.2. The summed E-state index contributed by atoms with van der Waals surface area (Å²) in [6.07, 6.45) is 1.48. The van der Waals surface area contributed by atoms with Gasteiger partial charge in [0.25, 0.3) is 10.0 Å². The van der Waals surface area contributed by atoms with Crippen LogP contribution in [0, 0.1) is 5.82 Å². The Labute approximate surface area is 130 Å². The second-order valence-electron chi connectivity index (χ2n) is 3.97. The molecule has 0 aliphatic carbocycles. The van der Waals surface area contributed by atoms with E-state index in [2.05, 4.69) is 25.6 Å². The Morgan fingerprint density at radius 2 is 2.14 bits per heavy atom. The van der Waals surface area contributed by atoms with Gasteiger partial charge in [-0.05, 0) is 37.3 Å². The van der Waals surface area contributed by atoms with Gasteiger partial charge in [-0.2, -0.15) is 0 Å². The number of hydrogen-bond acceptors (Lipinski definition) is 4. The minimum atomic E-state index is -4.07. The van der Waals surface area contributed by atoms with Crippen molar-refractivity contribution >= 4 is 31.6 Å². The van der Waals surface area contributed by atoms with Gasteiger partial charge in [-0.1, -0.05) is 15.9 Å². The standard InChI is InChI=1S/C13H12BrFN2O3S/c1-2-20-13-11(4-3-7-16-13)17-21(18,19)12-6-5-9(14)8-10(12)15/h3-8,17H,2H2,1H3. The average molecular weight is 375 g/mol. The highest BCUT2D eigenvalue weighted by molar-refractivity contribution is 9.10. The first-order valence-electron chi connectivity index (χ1n) is 5.99. The second-order valence-corrected chi connectivity index (χ2v) is 6.54. The molecule has 0 saturated carbocycles. The molecule has 2 rings (SSSR count). The maximum Gasteiger partial charge on any atom is 0.264 e. The molecule has 0 bridgehead atoms. The summed E-state index contributed by atoms with van der Waals surface area (Å²) in [5.41, 5.74) is 0.154. The summed E-state index contributed by atoms with van der Waals surface area (Å²) >= 11 is 3.08. The molecule has 0 saturated heterocycles. The summed E-state index contributed by atoms with van der Waals surface area (Å²) in [5, 5.41) is 0. The topological polar surface area (TPSA) is 68.3 Å². The lowest BCUT2D eigenvalue weighted by atomic mass is 10.3. The van der Waals surface area contributed by atoms with E-state index in [1.165, 1.54) is 24.4 Å². The molecule has 0 unspecified atom stereocenters. The molecule has 5 nitrogen and oxygen atoms in total. The first-order chi connectivity index (χ1) is 9.94. The quantitative estimate of drug-likeness (QED) is 0.872. The first-order valence-corrected chi connectivity index (χ1v) is 8.27. The van der Waals surface area contributed by atoms with Gasteiger partial charge >= 0.3 is 0 Å². The largest absolute Gasteiger partial charge is 0.476 e. The number of sulfonamides is 1. The van der Waals surface area contributed by atoms with Crippen LogP contribution in [0.15, 0.2) is 45.9 Å². The van der Waals surface area contributed by atoms with Crippen molar-refractivity contribution in [3.63, 3.8) is 0 Å². The van der Waals surface area contributed by atoms with Crippen LogP contribution in [-0.2, 0) is 10.0 Å². The van der Waals surface area contributed by atoms with Crippen LogP contribution in [-0.4, -0.2) is 20.0 Å². The second kappa shape index (κ2) is 6.40. The molecule has 112 valence electrons. The van der Waals surface area contributed by atoms with Crippen molar-refractivity contribution < 1.29 is 17.5 Å². The van der Waals surface area contributed by atoms with Gasteiger partial charge in [0.15, 0.2) is 0 Å². The lowest BCUT2D eigenvalue weighted by molar-refractivity contribution is 0.329. The number of rotatable bonds is 5. The molecule has 1 aromatic carbocycles. The lowest BCUT2D eigenvalue weighted by Crippen LogP contribution is -2.15. The van der Waals surface area contributed by atoms with Crippen LogP contribution in [0.4, 0.5) is 10.1 Å². The fraction of sp³-hybridized carbons (Fsp3) is 0.154. The first kappa shape index (κ1) is 15.7. The zero-order valence-corrected chi connectivity index (χ0v) is 13.4. The molecule has 1 N–H and O–H groups in total. The van der Waals surface area contributed by atoms with Crippen molar-refractivity contribution in [3.05, 3.63) is 46.8 Å². The van der Waals surface area contributed by atoms with Crippen molar-refractivity contribution in [2.45, 2.75) is 11.8 Å². The molecule has 0 aliphatic rings. The van der Waals surface area contributed by atoms with E-state index in [4.69, 9.17) is 4.74 Å². The minimum Gasteiger partial charge on any atom is -0.476 e. The SMILES string of the molecule is CCOc1ncccc1NS(=O)(=O)c1ccc(Br)cc1F. The molecule has 1 heterocycles. The molecular formula is C13H12BrFN2O3S. The minimum absolute atomic E-state index is 0.140. The van der Waals surface area contributed by atoms with E-state index in [9.17, 15) is 12.8 Å². The summed E-state index contributed by atoms with van der Waals surface area (Å²) in [7, 11) is -4.07. The lowest BCUT2D eigenvalue weighted by Gasteiger charge is -2.12. The molecule has 0 aliphatic heterocycles. The van der Waals surface area contributed by atoms with Gasteiger partial charge in [-0.15, -0.1) is 0 Å². The fourth-order valence-electron chi connectivity index (χ4n) is 1.61. The predicted molar refractivity (Wildman–Crippen MR) is 80.3 cm³/mol. The van der Waals surface area contributed by atoms with Crippen LogP contribution in [0.25, 0.3) is 0 Å². The van der Waals surface area contributed by atoms with Gasteiger partial charge in [0.1, 0.15) is 16.4 Å². The van der Waals surface area contributed by atoms with Crippen LogP contribution in [0.5, 0.6) is 5.88 Å². The summed E-state index contributed by atoms with van der Waals surface area (Å²) in [6, 6.07) is 6.76. The van der Waals surface area contributed by atoms with E-state index >= 15 is 0 Å². The summed E-state index contributed by atoms with van der Waals surface area (Å²) in [6.45, 7) is 2.08. The Balaban J connectivity index is 2.38. The fourth-order valence-corrected chi connectivity index (χ4v) is 3.06. The number of benzene rings is 1. The van der Waals surface area contributed by atoms with Gasteiger partial charge in [-0.25, -0.2) is 17.8 Å². The van der Waals surface area contributed by atoms with Crippen molar-refractivity contribution in [2.24, 2.45) is 0 Å². The monoisotopic (exact) mass is 374 g/mol. The number of anilines is 1. The van der Waals surface area contributed by atoms with Gasteiger partial charge in [-0.3, -0.25) is 4.72 Å². The summed E-state index contributed by atoms with van der Waals surface area (Å²) in [4.78, 5) is 3.49. The van der Waals surface area contributed by atoms with Gasteiger partial charge in [0, 0.05) is 10.7 Å². The molecule has 0 spiro atoms. The van der Waals surface area contributed by atoms with E-state index < -0.39 is 20.7 Å². The average Bonchev–Trinajstić information content (AvgIpc) is 2.40. The number of halogens is 2. The Morgan fingerprint density at radius 1 is 1.38 bits per heavy atom. The van der Waals surface area contributed by atoms with Crippen molar-refractivity contribution in [1.29, 1.82) is 0 Å². The zero-order valence-electron chi connectivity index (χ0n) is 11.0. The third-order valence-corrected chi connectivity index (χ3v) is 4.37. The molecule has 0 atom stereocenters. The van der Waals surface area contributed by atoms with E-state index in [0.717, 1.165) is 6.07 Å². The van der Waals surface area contributed by atoms with Gasteiger partial charge < -0.3 is 4.74 Å². The number of aromatic nitrogens is 1. The Bertz CT molecular complexity index is 753. The van der Waals surface area contributed by atoms with Crippen molar-refractivity contribution in [3.8, 4) is 5.88 Å². The Kier molecular flexibility index (Phi) is 4.79. The third-order valence-electron chi connectivity index (χ3n) is 2.48. The van der Waals surface area contributed by atoms with E-state index in [0.29, 0.717) is 11.1 Å². The molecule has 0 fully saturated rings. The highest BCUT2D eigenvalue weighted by Crippen LogP contribution is 2.26. The Hall–Kier alpha value is -1.67. The smallest absolute Gasteiger partial charge is 0.264 e. The van der Waals surface area contributed by atoms with Crippen LogP contribution in [0.3, 0.4) is 0 Å². The molecule has 0 radical (unpaired) electrons. The van der Waals surface area contributed by atoms with Crippen LogP contribution in [0.2, 0.25) is 0 Å². The van der Waals surface area contributed by atoms with Crippen molar-refractivity contribution in [1.82, 2.24) is 4.98 Å². The zero-order chi connectivity index (χ0) is 15.5. The van der Waals surface area contributed by atoms with Crippen LogP contribution in [0.1, 0.15) is 6.92 Å². The van der Waals surface area contributed by atoms with E-state index in [-0.39, 0.29) is 11.6 Å². The normalized spacial score (nSPS) is 11.2. The number of hydrogen-bond donors (Lipinski definition) is 1. The molecular weight excluding hydrogens is 363 g/mol. The van der Waals surface area contributed by atoms with Crippen LogP contribution < -0.4 is 9.46 Å². The maximum absolute atomic E-state index is 13.8. The van der Waals surface area contributed by atoms with E-state index in [1.807, 2.05) is 0 Å². The predicted octanol–water partition coefficient (Wildman–Crippen LogP) is 3.18. The highest BCUT2D eigenvalue weighted by Gasteiger charge is 2.21. The number of nitrogens with zero attached hydrogens (tertiary/aromatic N) is 1.